The van der Waals surface area contributed by atoms with E-state index in [1.807, 2.05) is 22.8 Å². The molecule has 4 rings (SSSR count). The average Bonchev–Trinajstić information content (AvgIpc) is 2.98. The van der Waals surface area contributed by atoms with Crippen LogP contribution >= 0.6 is 0 Å². The minimum atomic E-state index is 0.0396. The number of benzene rings is 1. The van der Waals surface area contributed by atoms with Gasteiger partial charge in [-0.25, -0.2) is 4.79 Å². The second-order valence-electron chi connectivity index (χ2n) is 7.98. The van der Waals surface area contributed by atoms with Crippen LogP contribution in [0.3, 0.4) is 0 Å². The molecule has 3 N–H and O–H groups in total. The maximum Gasteiger partial charge on any atom is 0.326 e. The second kappa shape index (κ2) is 7.34. The molecule has 1 aromatic heterocycles. The van der Waals surface area contributed by atoms with Crippen molar-refractivity contribution < 1.29 is 0 Å². The molecule has 2 fully saturated rings. The van der Waals surface area contributed by atoms with Crippen LogP contribution in [0.1, 0.15) is 44.6 Å². The molecule has 1 aliphatic carbocycles. The number of nitrogens with zero attached hydrogens (tertiary/aromatic N) is 2. The summed E-state index contributed by atoms with van der Waals surface area (Å²) in [4.78, 5) is 18.0. The third-order valence-electron chi connectivity index (χ3n) is 6.29. The van der Waals surface area contributed by atoms with Crippen LogP contribution in [0.15, 0.2) is 29.1 Å². The lowest BCUT2D eigenvalue weighted by molar-refractivity contribution is 0.135. The zero-order chi connectivity index (χ0) is 17.2. The molecule has 1 saturated heterocycles. The highest BCUT2D eigenvalue weighted by Gasteiger charge is 2.27. The third kappa shape index (κ3) is 3.53. The van der Waals surface area contributed by atoms with E-state index in [0.29, 0.717) is 6.04 Å². The van der Waals surface area contributed by atoms with Crippen molar-refractivity contribution in [2.75, 3.05) is 26.2 Å². The Hall–Kier alpha value is -1.59. The van der Waals surface area contributed by atoms with Gasteiger partial charge < -0.3 is 15.6 Å². The van der Waals surface area contributed by atoms with Gasteiger partial charge in [-0.15, -0.1) is 0 Å². The first-order chi connectivity index (χ1) is 12.2. The van der Waals surface area contributed by atoms with E-state index in [4.69, 9.17) is 5.73 Å². The van der Waals surface area contributed by atoms with Crippen LogP contribution in [0, 0.1) is 11.8 Å². The number of aromatic nitrogens is 2. The predicted molar refractivity (Wildman–Crippen MR) is 102 cm³/mol. The fraction of sp³-hybridized carbons (Fsp3) is 0.650. The number of H-pyrrole nitrogens is 1. The molecular weight excluding hydrogens is 312 g/mol. The number of hydrogen-bond acceptors (Lipinski definition) is 3. The number of para-hydroxylation sites is 2. The molecule has 25 heavy (non-hydrogen) atoms. The van der Waals surface area contributed by atoms with Crippen LogP contribution < -0.4 is 11.4 Å². The van der Waals surface area contributed by atoms with E-state index >= 15 is 0 Å². The lowest BCUT2D eigenvalue weighted by atomic mass is 9.81. The van der Waals surface area contributed by atoms with E-state index in [0.717, 1.165) is 55.3 Å². The number of aromatic amines is 1. The number of imidazole rings is 1. The summed E-state index contributed by atoms with van der Waals surface area (Å²) >= 11 is 0. The Kier molecular flexibility index (Phi) is 4.95. The van der Waals surface area contributed by atoms with Crippen molar-refractivity contribution in [3.05, 3.63) is 34.7 Å². The highest BCUT2D eigenvalue weighted by molar-refractivity contribution is 5.75. The molecule has 5 nitrogen and oxygen atoms in total. The molecule has 136 valence electrons. The maximum atomic E-state index is 12.4. The number of rotatable bonds is 4. The Morgan fingerprint density at radius 3 is 2.64 bits per heavy atom. The Morgan fingerprint density at radius 2 is 1.84 bits per heavy atom. The van der Waals surface area contributed by atoms with Gasteiger partial charge in [0.25, 0.3) is 0 Å². The summed E-state index contributed by atoms with van der Waals surface area (Å²) in [6, 6.07) is 8.35. The zero-order valence-corrected chi connectivity index (χ0v) is 15.0. The number of piperidine rings is 1. The van der Waals surface area contributed by atoms with E-state index in [-0.39, 0.29) is 5.69 Å². The van der Waals surface area contributed by atoms with Gasteiger partial charge in [0, 0.05) is 25.7 Å². The predicted octanol–water partition coefficient (Wildman–Crippen LogP) is 2.73. The van der Waals surface area contributed by atoms with Crippen molar-refractivity contribution in [1.82, 2.24) is 14.5 Å². The van der Waals surface area contributed by atoms with Gasteiger partial charge in [-0.3, -0.25) is 4.57 Å². The minimum Gasteiger partial charge on any atom is -0.330 e. The van der Waals surface area contributed by atoms with E-state index in [9.17, 15) is 4.79 Å². The van der Waals surface area contributed by atoms with E-state index in [2.05, 4.69) is 16.0 Å². The van der Waals surface area contributed by atoms with Crippen LogP contribution in [0.2, 0.25) is 0 Å². The summed E-state index contributed by atoms with van der Waals surface area (Å²) in [5.41, 5.74) is 7.92. The van der Waals surface area contributed by atoms with E-state index in [1.54, 1.807) is 0 Å². The third-order valence-corrected chi connectivity index (χ3v) is 6.29. The van der Waals surface area contributed by atoms with Gasteiger partial charge in [0.1, 0.15) is 0 Å². The van der Waals surface area contributed by atoms with Crippen molar-refractivity contribution in [3.63, 3.8) is 0 Å². The minimum absolute atomic E-state index is 0.0396. The van der Waals surface area contributed by atoms with Gasteiger partial charge in [0.15, 0.2) is 0 Å². The van der Waals surface area contributed by atoms with Crippen LogP contribution in [-0.2, 0) is 0 Å². The smallest absolute Gasteiger partial charge is 0.326 e. The Bertz CT molecular complexity index is 756. The zero-order valence-electron chi connectivity index (χ0n) is 15.0. The molecule has 0 spiro atoms. The highest BCUT2D eigenvalue weighted by Crippen LogP contribution is 2.31. The van der Waals surface area contributed by atoms with Crippen molar-refractivity contribution >= 4 is 11.0 Å². The first-order valence-corrected chi connectivity index (χ1v) is 9.86. The van der Waals surface area contributed by atoms with E-state index in [1.165, 1.54) is 32.2 Å². The quantitative estimate of drug-likeness (QED) is 0.898. The standard InChI is InChI=1S/C20H30N4O/c21-13-15-4-3-5-16(12-15)14-23-10-8-17(9-11-23)24-19-7-2-1-6-18(19)22-20(24)25/h1-2,6-7,15-17H,3-5,8-14,21H2,(H,22,25)/t15-,16+/m1/s1. The van der Waals surface area contributed by atoms with E-state index < -0.39 is 0 Å². The molecule has 0 unspecified atom stereocenters. The molecule has 5 heteroatoms. The topological polar surface area (TPSA) is 67.0 Å². The number of likely N-dealkylation sites (tertiary alicyclic amines) is 1. The Morgan fingerprint density at radius 1 is 1.08 bits per heavy atom. The van der Waals surface area contributed by atoms with Crippen LogP contribution in [0.5, 0.6) is 0 Å². The monoisotopic (exact) mass is 342 g/mol. The number of hydrogen-bond donors (Lipinski definition) is 2. The van der Waals surface area contributed by atoms with Gasteiger partial charge in [0.05, 0.1) is 11.0 Å². The van der Waals surface area contributed by atoms with Crippen LogP contribution in [-0.4, -0.2) is 40.6 Å². The summed E-state index contributed by atoms with van der Waals surface area (Å²) in [5, 5.41) is 0. The summed E-state index contributed by atoms with van der Waals surface area (Å²) < 4.78 is 1.98. The van der Waals surface area contributed by atoms with Crippen molar-refractivity contribution in [2.24, 2.45) is 17.6 Å². The fourth-order valence-electron chi connectivity index (χ4n) is 4.94. The normalized spacial score (nSPS) is 26.3. The lowest BCUT2D eigenvalue weighted by Gasteiger charge is -2.37. The maximum absolute atomic E-state index is 12.4. The van der Waals surface area contributed by atoms with Crippen molar-refractivity contribution in [1.29, 1.82) is 0 Å². The van der Waals surface area contributed by atoms with Gasteiger partial charge in [-0.1, -0.05) is 18.6 Å². The molecule has 1 aromatic carbocycles. The average molecular weight is 342 g/mol. The van der Waals surface area contributed by atoms with Gasteiger partial charge in [-0.05, 0) is 62.6 Å². The Balaban J connectivity index is 1.38. The SMILES string of the molecule is NC[C@@H]1CCC[C@H](CN2CCC(n3c(=O)[nH]c4ccccc43)CC2)C1. The van der Waals surface area contributed by atoms with Crippen LogP contribution in [0.25, 0.3) is 11.0 Å². The molecule has 0 bridgehead atoms. The molecular formula is C20H30N4O. The van der Waals surface area contributed by atoms with Gasteiger partial charge in [0.2, 0.25) is 0 Å². The van der Waals surface area contributed by atoms with Gasteiger partial charge in [-0.2, -0.15) is 0 Å². The van der Waals surface area contributed by atoms with Crippen molar-refractivity contribution in [2.45, 2.75) is 44.6 Å². The molecule has 2 atom stereocenters. The largest absolute Gasteiger partial charge is 0.330 e. The van der Waals surface area contributed by atoms with Crippen molar-refractivity contribution in [3.8, 4) is 0 Å². The first-order valence-electron chi connectivity index (χ1n) is 9.86. The molecule has 2 aliphatic rings. The van der Waals surface area contributed by atoms with Gasteiger partial charge >= 0.3 is 5.69 Å². The number of fused-ring (bicyclic) bond motifs is 1. The summed E-state index contributed by atoms with van der Waals surface area (Å²) in [6.07, 6.45) is 7.45. The highest BCUT2D eigenvalue weighted by atomic mass is 16.1. The molecule has 2 aromatic rings. The second-order valence-corrected chi connectivity index (χ2v) is 7.98. The first kappa shape index (κ1) is 16.9. The number of nitrogens with one attached hydrogen (secondary N) is 1. The molecule has 1 aliphatic heterocycles. The van der Waals surface area contributed by atoms with Crippen LogP contribution in [0.4, 0.5) is 0 Å². The summed E-state index contributed by atoms with van der Waals surface area (Å²) in [6.45, 7) is 4.26. The number of nitrogens with two attached hydrogens (primary N) is 1. The summed E-state index contributed by atoms with van der Waals surface area (Å²) in [5.74, 6) is 1.55. The lowest BCUT2D eigenvalue weighted by Crippen LogP contribution is -2.40. The molecule has 2 heterocycles. The Labute approximate surface area is 149 Å². The molecule has 1 saturated carbocycles. The molecule has 0 amide bonds. The molecule has 0 radical (unpaired) electrons. The summed E-state index contributed by atoms with van der Waals surface area (Å²) in [7, 11) is 0. The fourth-order valence-corrected chi connectivity index (χ4v) is 4.94.